The standard InChI is InChI=1S/C19H22N2O4S/c1-25-18-10-6-5-9-17(18)19(22)21-13-11-15(12-14-21)20-26(23,24)16-7-3-2-4-8-16/h2-10,15,20H,11-14H2,1H3. The summed E-state index contributed by atoms with van der Waals surface area (Å²) < 4.78 is 32.8. The van der Waals surface area contributed by atoms with E-state index in [-0.39, 0.29) is 16.8 Å². The van der Waals surface area contributed by atoms with Gasteiger partial charge in [0.1, 0.15) is 5.75 Å². The van der Waals surface area contributed by atoms with E-state index in [1.54, 1.807) is 53.4 Å². The number of hydrogen-bond donors (Lipinski definition) is 1. The summed E-state index contributed by atoms with van der Waals surface area (Å²) in [5.74, 6) is 0.455. The van der Waals surface area contributed by atoms with Crippen LogP contribution < -0.4 is 9.46 Å². The lowest BCUT2D eigenvalue weighted by atomic mass is 10.0. The molecule has 6 nitrogen and oxygen atoms in total. The Morgan fingerprint density at radius 2 is 1.65 bits per heavy atom. The topological polar surface area (TPSA) is 75.7 Å². The average molecular weight is 374 g/mol. The first-order valence-electron chi connectivity index (χ1n) is 8.51. The summed E-state index contributed by atoms with van der Waals surface area (Å²) >= 11 is 0. The number of piperidine rings is 1. The fourth-order valence-electron chi connectivity index (χ4n) is 3.08. The number of ether oxygens (including phenoxy) is 1. The first-order chi connectivity index (χ1) is 12.5. The van der Waals surface area contributed by atoms with Gasteiger partial charge in [0.05, 0.1) is 17.6 Å². The number of rotatable bonds is 5. The van der Waals surface area contributed by atoms with Crippen LogP contribution in [0.2, 0.25) is 0 Å². The zero-order valence-corrected chi connectivity index (χ0v) is 15.4. The number of sulfonamides is 1. The van der Waals surface area contributed by atoms with Crippen LogP contribution >= 0.6 is 0 Å². The first-order valence-corrected chi connectivity index (χ1v) is 9.99. The van der Waals surface area contributed by atoms with Crippen LogP contribution in [0.3, 0.4) is 0 Å². The number of benzene rings is 2. The van der Waals surface area contributed by atoms with Gasteiger partial charge in [-0.3, -0.25) is 4.79 Å². The molecule has 2 aromatic rings. The highest BCUT2D eigenvalue weighted by Gasteiger charge is 2.28. The third kappa shape index (κ3) is 4.05. The molecule has 138 valence electrons. The van der Waals surface area contributed by atoms with Crippen LogP contribution in [-0.2, 0) is 10.0 Å². The Balaban J connectivity index is 1.62. The molecular formula is C19H22N2O4S. The van der Waals surface area contributed by atoms with E-state index in [0.717, 1.165) is 0 Å². The van der Waals surface area contributed by atoms with Crippen molar-refractivity contribution in [1.29, 1.82) is 0 Å². The molecule has 0 aliphatic carbocycles. The first kappa shape index (κ1) is 18.4. The van der Waals surface area contributed by atoms with Crippen molar-refractivity contribution in [3.05, 3.63) is 60.2 Å². The van der Waals surface area contributed by atoms with Crippen molar-refractivity contribution in [2.45, 2.75) is 23.8 Å². The molecule has 0 bridgehead atoms. The number of nitrogens with one attached hydrogen (secondary N) is 1. The van der Waals surface area contributed by atoms with Gasteiger partial charge in [-0.25, -0.2) is 13.1 Å². The monoisotopic (exact) mass is 374 g/mol. The molecule has 0 atom stereocenters. The highest BCUT2D eigenvalue weighted by Crippen LogP contribution is 2.22. The van der Waals surface area contributed by atoms with Crippen molar-refractivity contribution in [2.24, 2.45) is 0 Å². The predicted molar refractivity (Wildman–Crippen MR) is 98.7 cm³/mol. The summed E-state index contributed by atoms with van der Waals surface area (Å²) in [6.45, 7) is 0.998. The number of nitrogens with zero attached hydrogens (tertiary/aromatic N) is 1. The molecule has 2 aromatic carbocycles. The minimum Gasteiger partial charge on any atom is -0.496 e. The summed E-state index contributed by atoms with van der Waals surface area (Å²) in [6.07, 6.45) is 1.15. The summed E-state index contributed by atoms with van der Waals surface area (Å²) in [4.78, 5) is 14.7. The number of carbonyl (C=O) groups is 1. The number of para-hydroxylation sites is 1. The third-order valence-electron chi connectivity index (χ3n) is 4.49. The molecule has 0 spiro atoms. The molecule has 0 saturated carbocycles. The Bertz CT molecular complexity index is 860. The number of carbonyl (C=O) groups excluding carboxylic acids is 1. The second kappa shape index (κ2) is 7.88. The van der Waals surface area contributed by atoms with Gasteiger partial charge in [-0.1, -0.05) is 30.3 Å². The molecule has 1 amide bonds. The molecule has 26 heavy (non-hydrogen) atoms. The second-order valence-electron chi connectivity index (χ2n) is 6.20. The molecule has 1 N–H and O–H groups in total. The Morgan fingerprint density at radius 1 is 1.04 bits per heavy atom. The number of methoxy groups -OCH3 is 1. The lowest BCUT2D eigenvalue weighted by molar-refractivity contribution is 0.0708. The van der Waals surface area contributed by atoms with Crippen molar-refractivity contribution in [2.75, 3.05) is 20.2 Å². The summed E-state index contributed by atoms with van der Waals surface area (Å²) in [5, 5.41) is 0. The molecule has 0 radical (unpaired) electrons. The van der Waals surface area contributed by atoms with Gasteiger partial charge in [0.2, 0.25) is 10.0 Å². The summed E-state index contributed by atoms with van der Waals surface area (Å²) in [6, 6.07) is 15.3. The van der Waals surface area contributed by atoms with Gasteiger partial charge in [-0.2, -0.15) is 0 Å². The van der Waals surface area contributed by atoms with E-state index in [0.29, 0.717) is 37.2 Å². The number of amides is 1. The van der Waals surface area contributed by atoms with E-state index >= 15 is 0 Å². The van der Waals surface area contributed by atoms with Crippen molar-refractivity contribution in [3.8, 4) is 5.75 Å². The highest BCUT2D eigenvalue weighted by atomic mass is 32.2. The molecule has 7 heteroatoms. The van der Waals surface area contributed by atoms with Crippen LogP contribution in [0, 0.1) is 0 Å². The quantitative estimate of drug-likeness (QED) is 0.871. The van der Waals surface area contributed by atoms with Crippen molar-refractivity contribution in [1.82, 2.24) is 9.62 Å². The van der Waals surface area contributed by atoms with Gasteiger partial charge in [-0.15, -0.1) is 0 Å². The van der Waals surface area contributed by atoms with Gasteiger partial charge >= 0.3 is 0 Å². The van der Waals surface area contributed by atoms with Gasteiger partial charge < -0.3 is 9.64 Å². The maximum Gasteiger partial charge on any atom is 0.257 e. The number of likely N-dealkylation sites (tertiary alicyclic amines) is 1. The largest absolute Gasteiger partial charge is 0.496 e. The average Bonchev–Trinajstić information content (AvgIpc) is 2.68. The molecule has 0 aromatic heterocycles. The van der Waals surface area contributed by atoms with E-state index in [1.807, 2.05) is 6.07 Å². The second-order valence-corrected chi connectivity index (χ2v) is 7.92. The van der Waals surface area contributed by atoms with E-state index in [9.17, 15) is 13.2 Å². The molecule has 1 aliphatic heterocycles. The van der Waals surface area contributed by atoms with Crippen LogP contribution in [0.15, 0.2) is 59.5 Å². The van der Waals surface area contributed by atoms with Gasteiger partial charge in [-0.05, 0) is 37.1 Å². The zero-order chi connectivity index (χ0) is 18.6. The molecule has 1 aliphatic rings. The van der Waals surface area contributed by atoms with Crippen molar-refractivity contribution < 1.29 is 17.9 Å². The highest BCUT2D eigenvalue weighted by molar-refractivity contribution is 7.89. The van der Waals surface area contributed by atoms with Crippen molar-refractivity contribution >= 4 is 15.9 Å². The smallest absolute Gasteiger partial charge is 0.257 e. The summed E-state index contributed by atoms with van der Waals surface area (Å²) in [5.41, 5.74) is 0.526. The number of hydrogen-bond acceptors (Lipinski definition) is 4. The van der Waals surface area contributed by atoms with E-state index < -0.39 is 10.0 Å². The minimum atomic E-state index is -3.53. The SMILES string of the molecule is COc1ccccc1C(=O)N1CCC(NS(=O)(=O)c2ccccc2)CC1. The van der Waals surface area contributed by atoms with Gasteiger partial charge in [0.25, 0.3) is 5.91 Å². The predicted octanol–water partition coefficient (Wildman–Crippen LogP) is 2.28. The van der Waals surface area contributed by atoms with E-state index in [4.69, 9.17) is 4.74 Å². The molecule has 3 rings (SSSR count). The maximum atomic E-state index is 12.7. The van der Waals surface area contributed by atoms with Crippen LogP contribution in [0.25, 0.3) is 0 Å². The van der Waals surface area contributed by atoms with Crippen LogP contribution in [0.5, 0.6) is 5.75 Å². The van der Waals surface area contributed by atoms with Crippen LogP contribution in [0.4, 0.5) is 0 Å². The van der Waals surface area contributed by atoms with E-state index in [2.05, 4.69) is 4.72 Å². The normalized spacial score (nSPS) is 15.7. The van der Waals surface area contributed by atoms with E-state index in [1.165, 1.54) is 7.11 Å². The zero-order valence-electron chi connectivity index (χ0n) is 14.6. The fraction of sp³-hybridized carbons (Fsp3) is 0.316. The molecule has 1 fully saturated rings. The lowest BCUT2D eigenvalue weighted by Gasteiger charge is -2.32. The molecule has 0 unspecified atom stereocenters. The maximum absolute atomic E-state index is 12.7. The molecule has 1 saturated heterocycles. The van der Waals surface area contributed by atoms with Crippen LogP contribution in [0.1, 0.15) is 23.2 Å². The summed E-state index contributed by atoms with van der Waals surface area (Å²) in [7, 11) is -2.00. The third-order valence-corrected chi connectivity index (χ3v) is 6.03. The Labute approximate surface area is 153 Å². The minimum absolute atomic E-state index is 0.0909. The van der Waals surface area contributed by atoms with Gasteiger partial charge in [0, 0.05) is 19.1 Å². The van der Waals surface area contributed by atoms with Crippen LogP contribution in [-0.4, -0.2) is 45.5 Å². The Morgan fingerprint density at radius 3 is 2.31 bits per heavy atom. The lowest BCUT2D eigenvalue weighted by Crippen LogP contribution is -2.46. The van der Waals surface area contributed by atoms with Crippen molar-refractivity contribution in [3.63, 3.8) is 0 Å². The Hall–Kier alpha value is -2.38. The molecular weight excluding hydrogens is 352 g/mol. The fourth-order valence-corrected chi connectivity index (χ4v) is 4.41. The molecule has 1 heterocycles. The Kier molecular flexibility index (Phi) is 5.58. The van der Waals surface area contributed by atoms with Gasteiger partial charge in [0.15, 0.2) is 0 Å².